The number of nitrogens with one attached hydrogen (secondary N) is 2. The van der Waals surface area contributed by atoms with E-state index in [1.807, 2.05) is 0 Å². The maximum Gasteiger partial charge on any atom is 0.224 e. The summed E-state index contributed by atoms with van der Waals surface area (Å²) in [5, 5.41) is 5.87. The largest absolute Gasteiger partial charge is 0.323 e. The van der Waals surface area contributed by atoms with E-state index in [-0.39, 0.29) is 11.7 Å². The van der Waals surface area contributed by atoms with Crippen molar-refractivity contribution in [1.82, 2.24) is 5.32 Å². The summed E-state index contributed by atoms with van der Waals surface area (Å²) in [7, 11) is 0. The van der Waals surface area contributed by atoms with E-state index in [2.05, 4.69) is 10.6 Å². The van der Waals surface area contributed by atoms with Crippen molar-refractivity contribution in [3.8, 4) is 0 Å². The van der Waals surface area contributed by atoms with Crippen LogP contribution in [-0.4, -0.2) is 19.0 Å². The van der Waals surface area contributed by atoms with Gasteiger partial charge in [0, 0.05) is 6.42 Å². The van der Waals surface area contributed by atoms with Gasteiger partial charge in [0.05, 0.1) is 5.69 Å². The highest BCUT2D eigenvalue weighted by Crippen LogP contribution is 2.20. The molecule has 0 radical (unpaired) electrons. The van der Waals surface area contributed by atoms with Gasteiger partial charge in [0.15, 0.2) is 0 Å². The highest BCUT2D eigenvalue weighted by Gasteiger charge is 2.19. The fourth-order valence-electron chi connectivity index (χ4n) is 2.13. The monoisotopic (exact) mass is 236 g/mol. The lowest BCUT2D eigenvalue weighted by Crippen LogP contribution is -2.19. The SMILES string of the molecule is Cc1cccc(F)c1NC(=O)CC1CCNC1. The first-order valence-corrected chi connectivity index (χ1v) is 5.92. The van der Waals surface area contributed by atoms with E-state index in [1.165, 1.54) is 6.07 Å². The van der Waals surface area contributed by atoms with Crippen molar-refractivity contribution in [2.24, 2.45) is 5.92 Å². The summed E-state index contributed by atoms with van der Waals surface area (Å²) in [5.41, 5.74) is 1.06. The molecule has 2 N–H and O–H groups in total. The van der Waals surface area contributed by atoms with Gasteiger partial charge in [-0.25, -0.2) is 4.39 Å². The van der Waals surface area contributed by atoms with Crippen LogP contribution in [0.25, 0.3) is 0 Å². The molecule has 1 aromatic carbocycles. The molecular formula is C13H17FN2O. The van der Waals surface area contributed by atoms with Gasteiger partial charge in [-0.1, -0.05) is 12.1 Å². The Labute approximate surface area is 100 Å². The molecule has 0 aromatic heterocycles. The second kappa shape index (κ2) is 5.27. The molecule has 0 saturated carbocycles. The highest BCUT2D eigenvalue weighted by atomic mass is 19.1. The van der Waals surface area contributed by atoms with Crippen LogP contribution in [0.5, 0.6) is 0 Å². The number of rotatable bonds is 3. The Bertz CT molecular complexity index is 394. The zero-order valence-corrected chi connectivity index (χ0v) is 9.92. The summed E-state index contributed by atoms with van der Waals surface area (Å²) in [5.74, 6) is -0.100. The van der Waals surface area contributed by atoms with E-state index in [9.17, 15) is 9.18 Å². The molecule has 4 heteroatoms. The minimum absolute atomic E-state index is 0.105. The predicted molar refractivity (Wildman–Crippen MR) is 65.4 cm³/mol. The third-order valence-electron chi connectivity index (χ3n) is 3.12. The molecule has 0 bridgehead atoms. The number of amides is 1. The van der Waals surface area contributed by atoms with Crippen molar-refractivity contribution in [1.29, 1.82) is 0 Å². The number of hydrogen-bond acceptors (Lipinski definition) is 2. The number of aryl methyl sites for hydroxylation is 1. The van der Waals surface area contributed by atoms with E-state index >= 15 is 0 Å². The molecule has 1 amide bonds. The van der Waals surface area contributed by atoms with Gasteiger partial charge in [-0.05, 0) is 44.0 Å². The molecule has 1 aromatic rings. The van der Waals surface area contributed by atoms with Gasteiger partial charge in [0.2, 0.25) is 5.91 Å². The van der Waals surface area contributed by atoms with E-state index in [0.717, 1.165) is 25.1 Å². The van der Waals surface area contributed by atoms with Gasteiger partial charge in [0.25, 0.3) is 0 Å². The molecular weight excluding hydrogens is 219 g/mol. The minimum atomic E-state index is -0.372. The number of anilines is 1. The summed E-state index contributed by atoms with van der Waals surface area (Å²) in [4.78, 5) is 11.8. The highest BCUT2D eigenvalue weighted by molar-refractivity contribution is 5.91. The van der Waals surface area contributed by atoms with Crippen molar-refractivity contribution < 1.29 is 9.18 Å². The Balaban J connectivity index is 1.97. The number of halogens is 1. The molecule has 1 saturated heterocycles. The zero-order valence-electron chi connectivity index (χ0n) is 9.92. The zero-order chi connectivity index (χ0) is 12.3. The fourth-order valence-corrected chi connectivity index (χ4v) is 2.13. The summed E-state index contributed by atoms with van der Waals surface area (Å²) >= 11 is 0. The van der Waals surface area contributed by atoms with Crippen LogP contribution >= 0.6 is 0 Å². The molecule has 0 aliphatic carbocycles. The first kappa shape index (κ1) is 12.0. The van der Waals surface area contributed by atoms with E-state index < -0.39 is 0 Å². The van der Waals surface area contributed by atoms with E-state index in [4.69, 9.17) is 0 Å². The lowest BCUT2D eigenvalue weighted by atomic mass is 10.0. The number of carbonyl (C=O) groups excluding carboxylic acids is 1. The van der Waals surface area contributed by atoms with Crippen LogP contribution in [-0.2, 0) is 4.79 Å². The van der Waals surface area contributed by atoms with Gasteiger partial charge >= 0.3 is 0 Å². The minimum Gasteiger partial charge on any atom is -0.323 e. The van der Waals surface area contributed by atoms with Crippen LogP contribution in [0, 0.1) is 18.7 Å². The standard InChI is InChI=1S/C13H17FN2O/c1-9-3-2-4-11(14)13(9)16-12(17)7-10-5-6-15-8-10/h2-4,10,15H,5-8H2,1H3,(H,16,17). The lowest BCUT2D eigenvalue weighted by molar-refractivity contribution is -0.117. The van der Waals surface area contributed by atoms with E-state index in [1.54, 1.807) is 19.1 Å². The maximum absolute atomic E-state index is 13.5. The summed E-state index contributed by atoms with van der Waals surface area (Å²) < 4.78 is 13.5. The predicted octanol–water partition coefficient (Wildman–Crippen LogP) is 2.07. The summed E-state index contributed by atoms with van der Waals surface area (Å²) in [6.07, 6.45) is 1.48. The number of benzene rings is 1. The molecule has 1 heterocycles. The average molecular weight is 236 g/mol. The molecule has 92 valence electrons. The Hall–Kier alpha value is -1.42. The van der Waals surface area contributed by atoms with Crippen LogP contribution in [0.15, 0.2) is 18.2 Å². The normalized spacial score (nSPS) is 19.3. The first-order chi connectivity index (χ1) is 8.16. The smallest absolute Gasteiger partial charge is 0.224 e. The quantitative estimate of drug-likeness (QED) is 0.843. The molecule has 1 fully saturated rings. The van der Waals surface area contributed by atoms with Gasteiger partial charge in [0.1, 0.15) is 5.82 Å². The Morgan fingerprint density at radius 2 is 2.41 bits per heavy atom. The van der Waals surface area contributed by atoms with Crippen molar-refractivity contribution in [2.75, 3.05) is 18.4 Å². The summed E-state index contributed by atoms with van der Waals surface area (Å²) in [6.45, 7) is 3.64. The topological polar surface area (TPSA) is 41.1 Å². The molecule has 1 unspecified atom stereocenters. The van der Waals surface area contributed by atoms with Crippen molar-refractivity contribution in [2.45, 2.75) is 19.8 Å². The third-order valence-corrected chi connectivity index (χ3v) is 3.12. The molecule has 2 rings (SSSR count). The van der Waals surface area contributed by atoms with Crippen LogP contribution in [0.4, 0.5) is 10.1 Å². The summed E-state index contributed by atoms with van der Waals surface area (Å²) in [6, 6.07) is 4.79. The Morgan fingerprint density at radius 1 is 1.59 bits per heavy atom. The molecule has 17 heavy (non-hydrogen) atoms. The molecule has 1 atom stereocenters. The van der Waals surface area contributed by atoms with Gasteiger partial charge < -0.3 is 10.6 Å². The lowest BCUT2D eigenvalue weighted by Gasteiger charge is -2.11. The maximum atomic E-state index is 13.5. The number of para-hydroxylation sites is 1. The van der Waals surface area contributed by atoms with Crippen molar-refractivity contribution in [3.63, 3.8) is 0 Å². The number of carbonyl (C=O) groups is 1. The van der Waals surface area contributed by atoms with E-state index in [0.29, 0.717) is 18.0 Å². The molecule has 1 aliphatic heterocycles. The van der Waals surface area contributed by atoms with Crippen molar-refractivity contribution in [3.05, 3.63) is 29.6 Å². The number of hydrogen-bond donors (Lipinski definition) is 2. The molecule has 0 spiro atoms. The van der Waals surface area contributed by atoms with Gasteiger partial charge in [-0.15, -0.1) is 0 Å². The first-order valence-electron chi connectivity index (χ1n) is 5.92. The molecule has 1 aliphatic rings. The van der Waals surface area contributed by atoms with Gasteiger partial charge in [-0.2, -0.15) is 0 Å². The third kappa shape index (κ3) is 3.03. The van der Waals surface area contributed by atoms with Crippen LogP contribution in [0.3, 0.4) is 0 Å². The van der Waals surface area contributed by atoms with Crippen LogP contribution in [0.1, 0.15) is 18.4 Å². The Morgan fingerprint density at radius 3 is 3.06 bits per heavy atom. The van der Waals surface area contributed by atoms with Crippen molar-refractivity contribution >= 4 is 11.6 Å². The fraction of sp³-hybridized carbons (Fsp3) is 0.462. The van der Waals surface area contributed by atoms with Crippen LogP contribution in [0.2, 0.25) is 0 Å². The second-order valence-electron chi connectivity index (χ2n) is 4.54. The second-order valence-corrected chi connectivity index (χ2v) is 4.54. The Kier molecular flexibility index (Phi) is 3.74. The molecule has 3 nitrogen and oxygen atoms in total. The van der Waals surface area contributed by atoms with Crippen LogP contribution < -0.4 is 10.6 Å². The average Bonchev–Trinajstić information content (AvgIpc) is 2.76. The van der Waals surface area contributed by atoms with Gasteiger partial charge in [-0.3, -0.25) is 4.79 Å².